The second-order valence-corrected chi connectivity index (χ2v) is 9.74. The quantitative estimate of drug-likeness (QED) is 0.455. The van der Waals surface area contributed by atoms with Gasteiger partial charge in [-0.3, -0.25) is 14.1 Å². The van der Waals surface area contributed by atoms with Crippen LogP contribution >= 0.6 is 34.8 Å². The van der Waals surface area contributed by atoms with Crippen LogP contribution in [0.1, 0.15) is 17.3 Å². The van der Waals surface area contributed by atoms with Crippen LogP contribution in [0.5, 0.6) is 11.5 Å². The number of rotatable bonds is 7. The van der Waals surface area contributed by atoms with E-state index >= 15 is 0 Å². The maximum Gasteiger partial charge on any atom is 0.265 e. The van der Waals surface area contributed by atoms with Gasteiger partial charge in [-0.15, -0.1) is 0 Å². The van der Waals surface area contributed by atoms with Gasteiger partial charge in [0.05, 0.1) is 27.5 Å². The SMILES string of the molecule is CCNC(=O)c1cc(Oc2cncc(Cl)c2)ccc1N(C)S(=O)(=O)c1ccc(Cl)cc1Cl. The number of carbonyl (C=O) groups is 1. The molecule has 11 heteroatoms. The maximum atomic E-state index is 13.2. The number of halogens is 3. The number of carbonyl (C=O) groups excluding carboxylic acids is 1. The van der Waals surface area contributed by atoms with Crippen molar-refractivity contribution in [3.8, 4) is 11.5 Å². The number of ether oxygens (including phenoxy) is 1. The molecule has 0 saturated heterocycles. The minimum absolute atomic E-state index is 0.0303. The van der Waals surface area contributed by atoms with E-state index in [9.17, 15) is 13.2 Å². The Balaban J connectivity index is 2.05. The summed E-state index contributed by atoms with van der Waals surface area (Å²) in [5, 5.41) is 3.33. The molecule has 3 rings (SSSR count). The predicted octanol–water partition coefficient (Wildman–Crippen LogP) is 5.41. The zero-order valence-corrected chi connectivity index (χ0v) is 20.1. The third-order valence-corrected chi connectivity index (χ3v) is 7.03. The van der Waals surface area contributed by atoms with E-state index in [1.54, 1.807) is 13.0 Å². The second kappa shape index (κ2) is 9.95. The minimum Gasteiger partial charge on any atom is -0.456 e. The van der Waals surface area contributed by atoms with E-state index in [2.05, 4.69) is 10.3 Å². The molecule has 168 valence electrons. The second-order valence-electron chi connectivity index (χ2n) is 6.53. The van der Waals surface area contributed by atoms with E-state index in [1.807, 2.05) is 0 Å². The Kier molecular flexibility index (Phi) is 7.51. The summed E-state index contributed by atoms with van der Waals surface area (Å²) in [5.41, 5.74) is 0.231. The zero-order chi connectivity index (χ0) is 23.5. The standard InChI is InChI=1S/C21H18Cl3N3O4S/c1-3-26-21(28)17-10-15(31-16-8-14(23)11-25-12-16)5-6-19(17)27(2)32(29,30)20-7-4-13(22)9-18(20)24/h4-12H,3H2,1-2H3,(H,26,28). The molecule has 0 fully saturated rings. The zero-order valence-electron chi connectivity index (χ0n) is 17.0. The summed E-state index contributed by atoms with van der Waals surface area (Å²) in [6, 6.07) is 10.1. The number of nitrogens with zero attached hydrogens (tertiary/aromatic N) is 2. The number of aromatic nitrogens is 1. The van der Waals surface area contributed by atoms with Crippen LogP contribution in [0.4, 0.5) is 5.69 Å². The summed E-state index contributed by atoms with van der Waals surface area (Å²) in [7, 11) is -2.76. The molecule has 0 saturated carbocycles. The van der Waals surface area contributed by atoms with Crippen molar-refractivity contribution in [2.45, 2.75) is 11.8 Å². The highest BCUT2D eigenvalue weighted by Gasteiger charge is 2.27. The van der Waals surface area contributed by atoms with Crippen molar-refractivity contribution in [3.63, 3.8) is 0 Å². The fourth-order valence-corrected chi connectivity index (χ4v) is 4.96. The molecule has 1 heterocycles. The lowest BCUT2D eigenvalue weighted by atomic mass is 10.1. The van der Waals surface area contributed by atoms with Gasteiger partial charge in [0.1, 0.15) is 16.4 Å². The molecular weight excluding hydrogens is 497 g/mol. The van der Waals surface area contributed by atoms with Gasteiger partial charge in [-0.2, -0.15) is 0 Å². The van der Waals surface area contributed by atoms with Crippen LogP contribution in [0.25, 0.3) is 0 Å². The molecule has 0 aliphatic carbocycles. The number of pyridine rings is 1. The maximum absolute atomic E-state index is 13.2. The van der Waals surface area contributed by atoms with Crippen LogP contribution in [-0.2, 0) is 10.0 Å². The van der Waals surface area contributed by atoms with E-state index < -0.39 is 15.9 Å². The summed E-state index contributed by atoms with van der Waals surface area (Å²) in [4.78, 5) is 16.5. The molecule has 3 aromatic rings. The Morgan fingerprint density at radius 1 is 1.03 bits per heavy atom. The summed E-state index contributed by atoms with van der Waals surface area (Å²) < 4.78 is 33.2. The fraction of sp³-hybridized carbons (Fsp3) is 0.143. The number of benzene rings is 2. The van der Waals surface area contributed by atoms with Crippen molar-refractivity contribution in [3.05, 3.63) is 75.5 Å². The largest absolute Gasteiger partial charge is 0.456 e. The van der Waals surface area contributed by atoms with Crippen molar-refractivity contribution in [2.75, 3.05) is 17.9 Å². The molecular formula is C21H18Cl3N3O4S. The third kappa shape index (κ3) is 5.27. The minimum atomic E-state index is -4.09. The summed E-state index contributed by atoms with van der Waals surface area (Å²) in [5.74, 6) is 0.192. The molecule has 1 N–H and O–H groups in total. The van der Waals surface area contributed by atoms with E-state index in [1.165, 1.54) is 55.8 Å². The van der Waals surface area contributed by atoms with Crippen molar-refractivity contribution >= 4 is 56.4 Å². The van der Waals surface area contributed by atoms with Gasteiger partial charge in [-0.05, 0) is 43.3 Å². The average molecular weight is 515 g/mol. The molecule has 32 heavy (non-hydrogen) atoms. The van der Waals surface area contributed by atoms with Gasteiger partial charge in [-0.25, -0.2) is 8.42 Å². The van der Waals surface area contributed by atoms with E-state index in [0.717, 1.165) is 4.31 Å². The summed E-state index contributed by atoms with van der Waals surface area (Å²) >= 11 is 17.9. The van der Waals surface area contributed by atoms with Gasteiger partial charge >= 0.3 is 0 Å². The number of sulfonamides is 1. The van der Waals surface area contributed by atoms with Crippen LogP contribution in [0.3, 0.4) is 0 Å². The van der Waals surface area contributed by atoms with Crippen molar-refractivity contribution in [1.82, 2.24) is 10.3 Å². The first-order valence-electron chi connectivity index (χ1n) is 9.28. The molecule has 0 spiro atoms. The molecule has 1 amide bonds. The van der Waals surface area contributed by atoms with Crippen molar-refractivity contribution in [2.24, 2.45) is 0 Å². The Morgan fingerprint density at radius 2 is 1.78 bits per heavy atom. The van der Waals surface area contributed by atoms with Crippen molar-refractivity contribution < 1.29 is 17.9 Å². The van der Waals surface area contributed by atoms with Gasteiger partial charge in [-0.1, -0.05) is 34.8 Å². The molecule has 1 aromatic heterocycles. The normalized spacial score (nSPS) is 11.2. The van der Waals surface area contributed by atoms with Crippen molar-refractivity contribution in [1.29, 1.82) is 0 Å². The lowest BCUT2D eigenvalue weighted by Crippen LogP contribution is -2.31. The van der Waals surface area contributed by atoms with E-state index in [-0.39, 0.29) is 21.2 Å². The van der Waals surface area contributed by atoms with Crippen LogP contribution in [-0.4, -0.2) is 32.9 Å². The first kappa shape index (κ1) is 24.1. The van der Waals surface area contributed by atoms with Crippen LogP contribution in [0, 0.1) is 0 Å². The Labute approximate surface area is 200 Å². The van der Waals surface area contributed by atoms with E-state index in [0.29, 0.717) is 28.1 Å². The molecule has 0 unspecified atom stereocenters. The highest BCUT2D eigenvalue weighted by Crippen LogP contribution is 2.34. The molecule has 0 aliphatic rings. The smallest absolute Gasteiger partial charge is 0.265 e. The van der Waals surface area contributed by atoms with Gasteiger partial charge in [0.15, 0.2) is 0 Å². The molecule has 0 aliphatic heterocycles. The predicted molar refractivity (Wildman–Crippen MR) is 126 cm³/mol. The first-order valence-corrected chi connectivity index (χ1v) is 11.9. The number of nitrogens with one attached hydrogen (secondary N) is 1. The lowest BCUT2D eigenvalue weighted by molar-refractivity contribution is 0.0956. The first-order chi connectivity index (χ1) is 15.1. The molecule has 0 atom stereocenters. The fourth-order valence-electron chi connectivity index (χ4n) is 2.84. The van der Waals surface area contributed by atoms with Crippen LogP contribution in [0.15, 0.2) is 59.8 Å². The van der Waals surface area contributed by atoms with E-state index in [4.69, 9.17) is 39.5 Å². The number of hydrogen-bond donors (Lipinski definition) is 1. The van der Waals surface area contributed by atoms with Crippen LogP contribution in [0.2, 0.25) is 15.1 Å². The molecule has 0 bridgehead atoms. The average Bonchev–Trinajstić information content (AvgIpc) is 2.73. The molecule has 0 radical (unpaired) electrons. The van der Waals surface area contributed by atoms with Gasteiger partial charge in [0, 0.05) is 30.9 Å². The Bertz CT molecular complexity index is 1270. The number of amides is 1. The monoisotopic (exact) mass is 513 g/mol. The lowest BCUT2D eigenvalue weighted by Gasteiger charge is -2.23. The Hall–Kier alpha value is -2.52. The highest BCUT2D eigenvalue weighted by atomic mass is 35.5. The topological polar surface area (TPSA) is 88.6 Å². The van der Waals surface area contributed by atoms with Crippen LogP contribution < -0.4 is 14.4 Å². The van der Waals surface area contributed by atoms with Gasteiger partial charge < -0.3 is 10.1 Å². The molecule has 2 aromatic carbocycles. The summed E-state index contributed by atoms with van der Waals surface area (Å²) in [6.45, 7) is 2.10. The van der Waals surface area contributed by atoms with Gasteiger partial charge in [0.25, 0.3) is 15.9 Å². The number of anilines is 1. The Morgan fingerprint density at radius 3 is 2.44 bits per heavy atom. The number of hydrogen-bond acceptors (Lipinski definition) is 5. The third-order valence-electron chi connectivity index (χ3n) is 4.34. The highest BCUT2D eigenvalue weighted by molar-refractivity contribution is 7.93. The molecule has 7 nitrogen and oxygen atoms in total. The van der Waals surface area contributed by atoms with Gasteiger partial charge in [0.2, 0.25) is 0 Å². The summed E-state index contributed by atoms with van der Waals surface area (Å²) in [6.07, 6.45) is 2.92.